The molecule has 6 rings (SSSR count). The van der Waals surface area contributed by atoms with Gasteiger partial charge in [-0.2, -0.15) is 0 Å². The van der Waals surface area contributed by atoms with E-state index >= 15 is 0 Å². The van der Waals surface area contributed by atoms with E-state index in [1.54, 1.807) is 0 Å². The fourth-order valence-corrected chi connectivity index (χ4v) is 6.93. The molecule has 2 aliphatic heterocycles. The van der Waals surface area contributed by atoms with Crippen molar-refractivity contribution in [3.05, 3.63) is 0 Å². The summed E-state index contributed by atoms with van der Waals surface area (Å²) in [6.45, 7) is 4.39. The Morgan fingerprint density at radius 2 is 1.55 bits per heavy atom. The Hall–Kier alpha value is -0.280. The van der Waals surface area contributed by atoms with Crippen molar-refractivity contribution in [1.82, 2.24) is 10.2 Å². The van der Waals surface area contributed by atoms with Gasteiger partial charge in [0.1, 0.15) is 0 Å². The molecule has 2 heterocycles. The lowest BCUT2D eigenvalue weighted by Gasteiger charge is -2.57. The first kappa shape index (κ1) is 15.3. The van der Waals surface area contributed by atoms with Gasteiger partial charge in [-0.25, -0.2) is 0 Å². The average molecular weight is 325 g/mol. The summed E-state index contributed by atoms with van der Waals surface area (Å²) in [5.41, 5.74) is 0.0770. The van der Waals surface area contributed by atoms with Crippen LogP contribution in [0.4, 0.5) is 0 Å². The summed E-state index contributed by atoms with van der Waals surface area (Å²) in [4.78, 5) is 15.6. The molecule has 2 unspecified atom stereocenters. The normalized spacial score (nSPS) is 48.9. The lowest BCUT2D eigenvalue weighted by molar-refractivity contribution is -0.159. The number of likely N-dealkylation sites (tertiary alicyclic amines) is 1. The highest BCUT2D eigenvalue weighted by atomic mass is 35.5. The van der Waals surface area contributed by atoms with Crippen LogP contribution in [0.3, 0.4) is 0 Å². The van der Waals surface area contributed by atoms with Gasteiger partial charge >= 0.3 is 0 Å². The highest BCUT2D eigenvalue weighted by Gasteiger charge is 2.56. The van der Waals surface area contributed by atoms with Crippen LogP contribution < -0.4 is 5.32 Å². The van der Waals surface area contributed by atoms with E-state index in [-0.39, 0.29) is 17.8 Å². The summed E-state index contributed by atoms with van der Waals surface area (Å²) < 4.78 is 0. The van der Waals surface area contributed by atoms with E-state index in [1.807, 2.05) is 0 Å². The smallest absolute Gasteiger partial charge is 0.228 e. The standard InChI is InChI=1S/C18H28N2O.ClH/c21-17(20-2-1-15-9-19-10-16(15)11-20)18-6-12-3-13(7-18)5-14(4-12)8-18;/h12-16,19H,1-11H2;1H. The first-order chi connectivity index (χ1) is 10.2. The van der Waals surface area contributed by atoms with Gasteiger partial charge in [0.2, 0.25) is 5.91 Å². The topological polar surface area (TPSA) is 32.3 Å². The highest BCUT2D eigenvalue weighted by Crippen LogP contribution is 2.60. The fraction of sp³-hybridized carbons (Fsp3) is 0.944. The van der Waals surface area contributed by atoms with Gasteiger partial charge in [-0.3, -0.25) is 4.79 Å². The molecule has 4 bridgehead atoms. The summed E-state index contributed by atoms with van der Waals surface area (Å²) in [5, 5.41) is 3.52. The predicted octanol–water partition coefficient (Wildman–Crippen LogP) is 2.69. The summed E-state index contributed by atoms with van der Waals surface area (Å²) in [5.74, 6) is 4.77. The minimum absolute atomic E-state index is 0. The molecule has 2 saturated heterocycles. The van der Waals surface area contributed by atoms with E-state index < -0.39 is 0 Å². The number of fused-ring (bicyclic) bond motifs is 1. The molecule has 124 valence electrons. The van der Waals surface area contributed by atoms with Gasteiger partial charge in [-0.15, -0.1) is 12.4 Å². The average Bonchev–Trinajstić information content (AvgIpc) is 2.92. The third-order valence-electron chi connectivity index (χ3n) is 7.48. The maximum Gasteiger partial charge on any atom is 0.228 e. The van der Waals surface area contributed by atoms with Crippen molar-refractivity contribution in [3.8, 4) is 0 Å². The number of hydrogen-bond acceptors (Lipinski definition) is 2. The molecule has 1 N–H and O–H groups in total. The maximum absolute atomic E-state index is 13.3. The van der Waals surface area contributed by atoms with Crippen LogP contribution in [0.2, 0.25) is 0 Å². The van der Waals surface area contributed by atoms with Crippen molar-refractivity contribution in [2.75, 3.05) is 26.2 Å². The molecule has 2 atom stereocenters. The van der Waals surface area contributed by atoms with Crippen LogP contribution in [-0.2, 0) is 4.79 Å². The second-order valence-electron chi connectivity index (χ2n) is 8.92. The number of halogens is 1. The van der Waals surface area contributed by atoms with Gasteiger partial charge in [0, 0.05) is 13.1 Å². The molecule has 6 aliphatic rings. The molecule has 1 amide bonds. The van der Waals surface area contributed by atoms with Crippen LogP contribution >= 0.6 is 12.4 Å². The molecule has 4 aliphatic carbocycles. The molecule has 0 aromatic rings. The maximum atomic E-state index is 13.3. The van der Waals surface area contributed by atoms with Crippen molar-refractivity contribution in [3.63, 3.8) is 0 Å². The fourth-order valence-electron chi connectivity index (χ4n) is 6.93. The van der Waals surface area contributed by atoms with Crippen molar-refractivity contribution >= 4 is 18.3 Å². The number of piperidine rings is 1. The zero-order chi connectivity index (χ0) is 14.0. The molecule has 22 heavy (non-hydrogen) atoms. The molecule has 4 saturated carbocycles. The second kappa shape index (κ2) is 5.37. The summed E-state index contributed by atoms with van der Waals surface area (Å²) >= 11 is 0. The van der Waals surface area contributed by atoms with Crippen LogP contribution in [-0.4, -0.2) is 37.0 Å². The minimum atomic E-state index is 0. The summed E-state index contributed by atoms with van der Waals surface area (Å²) in [6, 6.07) is 0. The van der Waals surface area contributed by atoms with E-state index in [9.17, 15) is 4.79 Å². The van der Waals surface area contributed by atoms with Gasteiger partial charge in [0.15, 0.2) is 0 Å². The van der Waals surface area contributed by atoms with Gasteiger partial charge in [0.05, 0.1) is 5.41 Å². The Balaban J connectivity index is 0.00000125. The first-order valence-electron chi connectivity index (χ1n) is 9.22. The Morgan fingerprint density at radius 3 is 2.18 bits per heavy atom. The molecule has 0 spiro atoms. The third kappa shape index (κ3) is 2.23. The molecular formula is C18H29ClN2O. The van der Waals surface area contributed by atoms with Crippen molar-refractivity contribution in [2.24, 2.45) is 35.0 Å². The number of hydrogen-bond donors (Lipinski definition) is 1. The Bertz CT molecular complexity index is 431. The predicted molar refractivity (Wildman–Crippen MR) is 88.9 cm³/mol. The Labute approximate surface area is 140 Å². The molecule has 0 aromatic heterocycles. The number of rotatable bonds is 1. The molecule has 6 fully saturated rings. The van der Waals surface area contributed by atoms with Gasteiger partial charge in [0.25, 0.3) is 0 Å². The monoisotopic (exact) mass is 324 g/mol. The largest absolute Gasteiger partial charge is 0.342 e. The van der Waals surface area contributed by atoms with Crippen LogP contribution in [0.5, 0.6) is 0 Å². The zero-order valence-corrected chi connectivity index (χ0v) is 14.2. The summed E-state index contributed by atoms with van der Waals surface area (Å²) in [7, 11) is 0. The van der Waals surface area contributed by atoms with Crippen LogP contribution in [0.25, 0.3) is 0 Å². The zero-order valence-electron chi connectivity index (χ0n) is 13.4. The Kier molecular flexibility index (Phi) is 3.73. The van der Waals surface area contributed by atoms with Gasteiger partial charge in [-0.05, 0) is 87.6 Å². The molecular weight excluding hydrogens is 296 g/mol. The minimum Gasteiger partial charge on any atom is -0.342 e. The molecule has 4 heteroatoms. The number of amides is 1. The lowest BCUT2D eigenvalue weighted by atomic mass is 9.49. The first-order valence-corrected chi connectivity index (χ1v) is 9.22. The number of carbonyl (C=O) groups is 1. The number of carbonyl (C=O) groups excluding carboxylic acids is 1. The third-order valence-corrected chi connectivity index (χ3v) is 7.48. The van der Waals surface area contributed by atoms with E-state index in [0.29, 0.717) is 5.91 Å². The molecule has 0 radical (unpaired) electrons. The Morgan fingerprint density at radius 1 is 0.955 bits per heavy atom. The van der Waals surface area contributed by atoms with Crippen molar-refractivity contribution in [1.29, 1.82) is 0 Å². The summed E-state index contributed by atoms with van der Waals surface area (Å²) in [6.07, 6.45) is 9.20. The number of nitrogens with zero attached hydrogens (tertiary/aromatic N) is 1. The van der Waals surface area contributed by atoms with Crippen LogP contribution in [0.1, 0.15) is 44.9 Å². The van der Waals surface area contributed by atoms with Crippen LogP contribution in [0, 0.1) is 35.0 Å². The number of nitrogens with one attached hydrogen (secondary N) is 1. The second-order valence-corrected chi connectivity index (χ2v) is 8.92. The highest BCUT2D eigenvalue weighted by molar-refractivity contribution is 5.85. The van der Waals surface area contributed by atoms with Gasteiger partial charge in [-0.1, -0.05) is 0 Å². The molecule has 3 nitrogen and oxygen atoms in total. The van der Waals surface area contributed by atoms with E-state index in [0.717, 1.165) is 49.2 Å². The van der Waals surface area contributed by atoms with Crippen molar-refractivity contribution < 1.29 is 4.79 Å². The lowest BCUT2D eigenvalue weighted by Crippen LogP contribution is -2.56. The van der Waals surface area contributed by atoms with E-state index in [2.05, 4.69) is 10.2 Å². The SMILES string of the molecule is Cl.O=C(N1CCC2CNCC2C1)C12CC3CC(CC(C3)C1)C2. The van der Waals surface area contributed by atoms with Crippen molar-refractivity contribution in [2.45, 2.75) is 44.9 Å². The van der Waals surface area contributed by atoms with E-state index in [4.69, 9.17) is 0 Å². The van der Waals surface area contributed by atoms with Gasteiger partial charge < -0.3 is 10.2 Å². The van der Waals surface area contributed by atoms with E-state index in [1.165, 1.54) is 51.5 Å². The molecule has 0 aromatic carbocycles. The quantitative estimate of drug-likeness (QED) is 0.804. The van der Waals surface area contributed by atoms with Crippen LogP contribution in [0.15, 0.2) is 0 Å².